The lowest BCUT2D eigenvalue weighted by Gasteiger charge is -2.33. The first-order valence-corrected chi connectivity index (χ1v) is 8.92. The second kappa shape index (κ2) is 8.38. The maximum Gasteiger partial charge on any atom is 0.339 e. The number of piperidine rings is 1. The quantitative estimate of drug-likeness (QED) is 0.675. The summed E-state index contributed by atoms with van der Waals surface area (Å²) in [6.45, 7) is 2.00. The van der Waals surface area contributed by atoms with Crippen LogP contribution in [0.5, 0.6) is 0 Å². The Kier molecular flexibility index (Phi) is 5.90. The number of benzene rings is 1. The van der Waals surface area contributed by atoms with Crippen molar-refractivity contribution in [1.82, 2.24) is 10.3 Å². The van der Waals surface area contributed by atoms with E-state index in [4.69, 9.17) is 0 Å². The van der Waals surface area contributed by atoms with Gasteiger partial charge in [-0.15, -0.1) is 0 Å². The number of amides is 2. The molecule has 1 aromatic carbocycles. The summed E-state index contributed by atoms with van der Waals surface area (Å²) in [5.74, 6) is -4.36. The number of nitrogens with one attached hydrogen (secondary N) is 2. The van der Waals surface area contributed by atoms with Crippen LogP contribution in [0.3, 0.4) is 0 Å². The van der Waals surface area contributed by atoms with Gasteiger partial charge in [-0.05, 0) is 31.9 Å². The first-order valence-electron chi connectivity index (χ1n) is 8.92. The van der Waals surface area contributed by atoms with Crippen LogP contribution in [0.15, 0.2) is 24.4 Å². The molecule has 0 aliphatic carbocycles. The van der Waals surface area contributed by atoms with Gasteiger partial charge in [-0.1, -0.05) is 0 Å². The SMILES string of the molecule is Cc1c(F)cc(NC(=O)NC2CCN(c3ncccc3C(=O)O)CC2)c(F)c1F. The van der Waals surface area contributed by atoms with Gasteiger partial charge in [-0.2, -0.15) is 0 Å². The van der Waals surface area contributed by atoms with Crippen molar-refractivity contribution in [2.75, 3.05) is 23.3 Å². The number of nitrogens with zero attached hydrogens (tertiary/aromatic N) is 2. The summed E-state index contributed by atoms with van der Waals surface area (Å²) < 4.78 is 41.1. The lowest BCUT2D eigenvalue weighted by molar-refractivity contribution is 0.0697. The molecular weight excluding hydrogens is 389 g/mol. The van der Waals surface area contributed by atoms with Crippen molar-refractivity contribution < 1.29 is 27.9 Å². The molecule has 7 nitrogen and oxygen atoms in total. The molecule has 0 saturated carbocycles. The number of aromatic carboxylic acids is 1. The minimum Gasteiger partial charge on any atom is -0.478 e. The predicted molar refractivity (Wildman–Crippen MR) is 99.6 cm³/mol. The molecule has 2 aromatic rings. The van der Waals surface area contributed by atoms with Crippen molar-refractivity contribution in [1.29, 1.82) is 0 Å². The fourth-order valence-electron chi connectivity index (χ4n) is 3.17. The number of rotatable bonds is 4. The van der Waals surface area contributed by atoms with E-state index < -0.39 is 40.7 Å². The van der Waals surface area contributed by atoms with Gasteiger partial charge in [0.2, 0.25) is 0 Å². The highest BCUT2D eigenvalue weighted by Gasteiger charge is 2.25. The van der Waals surface area contributed by atoms with Crippen molar-refractivity contribution in [3.05, 3.63) is 53.0 Å². The van der Waals surface area contributed by atoms with E-state index in [2.05, 4.69) is 15.6 Å². The molecule has 1 aliphatic heterocycles. The van der Waals surface area contributed by atoms with Gasteiger partial charge in [0.1, 0.15) is 17.2 Å². The number of hydrogen-bond acceptors (Lipinski definition) is 4. The number of carboxylic acids is 1. The predicted octanol–water partition coefficient (Wildman–Crippen LogP) is 3.30. The molecule has 0 radical (unpaired) electrons. The molecule has 29 heavy (non-hydrogen) atoms. The molecule has 0 atom stereocenters. The standard InChI is InChI=1S/C19H19F3N4O3/c1-10-13(20)9-14(16(22)15(10)21)25-19(29)24-11-4-7-26(8-5-11)17-12(18(27)28)3-2-6-23-17/h2-3,6,9,11H,4-5,7-8H2,1H3,(H,27,28)(H2,24,25,29). The number of aromatic nitrogens is 1. The zero-order valence-electron chi connectivity index (χ0n) is 15.5. The first-order chi connectivity index (χ1) is 13.8. The largest absolute Gasteiger partial charge is 0.478 e. The molecule has 2 amide bonds. The maximum atomic E-state index is 13.9. The van der Waals surface area contributed by atoms with Crippen LogP contribution in [0.2, 0.25) is 0 Å². The summed E-state index contributed by atoms with van der Waals surface area (Å²) in [7, 11) is 0. The topological polar surface area (TPSA) is 94.6 Å². The van der Waals surface area contributed by atoms with E-state index in [1.165, 1.54) is 12.3 Å². The first kappa shape index (κ1) is 20.4. The van der Waals surface area contributed by atoms with Crippen molar-refractivity contribution in [2.24, 2.45) is 0 Å². The number of urea groups is 1. The molecule has 154 valence electrons. The third-order valence-corrected chi connectivity index (χ3v) is 4.78. The van der Waals surface area contributed by atoms with E-state index >= 15 is 0 Å². The molecule has 1 aromatic heterocycles. The number of carboxylic acid groups (broad SMARTS) is 1. The van der Waals surface area contributed by atoms with Crippen LogP contribution in [-0.4, -0.2) is 41.2 Å². The fraction of sp³-hybridized carbons (Fsp3) is 0.316. The lowest BCUT2D eigenvalue weighted by Crippen LogP contribution is -2.46. The van der Waals surface area contributed by atoms with E-state index in [-0.39, 0.29) is 11.6 Å². The molecule has 2 heterocycles. The van der Waals surface area contributed by atoms with Gasteiger partial charge >= 0.3 is 12.0 Å². The van der Waals surface area contributed by atoms with Crippen LogP contribution in [0.1, 0.15) is 28.8 Å². The van der Waals surface area contributed by atoms with Crippen LogP contribution in [0.25, 0.3) is 0 Å². The Labute approximate surface area is 164 Å². The Balaban J connectivity index is 1.59. The molecule has 3 N–H and O–H groups in total. The number of carbonyl (C=O) groups is 2. The van der Waals surface area contributed by atoms with Crippen LogP contribution >= 0.6 is 0 Å². The van der Waals surface area contributed by atoms with E-state index in [0.717, 1.165) is 13.0 Å². The summed E-state index contributed by atoms with van der Waals surface area (Å²) >= 11 is 0. The Morgan fingerprint density at radius 3 is 2.55 bits per heavy atom. The number of hydrogen-bond donors (Lipinski definition) is 3. The summed E-state index contributed by atoms with van der Waals surface area (Å²) in [5, 5.41) is 14.0. The van der Waals surface area contributed by atoms with E-state index in [0.29, 0.717) is 31.7 Å². The van der Waals surface area contributed by atoms with Gasteiger partial charge in [0.15, 0.2) is 11.6 Å². The molecule has 1 fully saturated rings. The highest BCUT2D eigenvalue weighted by molar-refractivity contribution is 5.93. The third-order valence-electron chi connectivity index (χ3n) is 4.78. The minimum atomic E-state index is -1.35. The molecular formula is C19H19F3N4O3. The number of pyridine rings is 1. The highest BCUT2D eigenvalue weighted by Crippen LogP contribution is 2.24. The fourth-order valence-corrected chi connectivity index (χ4v) is 3.17. The summed E-state index contributed by atoms with van der Waals surface area (Å²) in [6, 6.07) is 2.68. The monoisotopic (exact) mass is 408 g/mol. The second-order valence-corrected chi connectivity index (χ2v) is 6.70. The lowest BCUT2D eigenvalue weighted by atomic mass is 10.0. The molecule has 3 rings (SSSR count). The highest BCUT2D eigenvalue weighted by atomic mass is 19.2. The average molecular weight is 408 g/mol. The van der Waals surface area contributed by atoms with Crippen molar-refractivity contribution in [3.8, 4) is 0 Å². The molecule has 1 saturated heterocycles. The average Bonchev–Trinajstić information content (AvgIpc) is 2.71. The normalized spacial score (nSPS) is 14.6. The summed E-state index contributed by atoms with van der Waals surface area (Å²) in [5.41, 5.74) is -0.952. The zero-order valence-corrected chi connectivity index (χ0v) is 15.5. The van der Waals surface area contributed by atoms with Crippen LogP contribution in [0.4, 0.5) is 29.5 Å². The third kappa shape index (κ3) is 4.41. The van der Waals surface area contributed by atoms with E-state index in [9.17, 15) is 27.9 Å². The molecule has 1 aliphatic rings. The van der Waals surface area contributed by atoms with Crippen molar-refractivity contribution in [2.45, 2.75) is 25.8 Å². The molecule has 0 bridgehead atoms. The second-order valence-electron chi connectivity index (χ2n) is 6.70. The molecule has 0 spiro atoms. The van der Waals surface area contributed by atoms with Gasteiger partial charge in [-0.3, -0.25) is 0 Å². The Morgan fingerprint density at radius 1 is 1.21 bits per heavy atom. The zero-order chi connectivity index (χ0) is 21.1. The van der Waals surface area contributed by atoms with Gasteiger partial charge in [0.25, 0.3) is 0 Å². The van der Waals surface area contributed by atoms with E-state index in [1.54, 1.807) is 6.07 Å². The number of halogens is 3. The number of carbonyl (C=O) groups excluding carboxylic acids is 1. The van der Waals surface area contributed by atoms with Crippen molar-refractivity contribution >= 4 is 23.5 Å². The smallest absolute Gasteiger partial charge is 0.339 e. The maximum absolute atomic E-state index is 13.9. The van der Waals surface area contributed by atoms with Crippen LogP contribution in [0, 0.1) is 24.4 Å². The Hall–Kier alpha value is -3.30. The van der Waals surface area contributed by atoms with Gasteiger partial charge in [0, 0.05) is 37.0 Å². The van der Waals surface area contributed by atoms with Crippen molar-refractivity contribution in [3.63, 3.8) is 0 Å². The van der Waals surface area contributed by atoms with Crippen LogP contribution in [-0.2, 0) is 0 Å². The summed E-state index contributed by atoms with van der Waals surface area (Å²) in [6.07, 6.45) is 2.48. The number of anilines is 2. The Morgan fingerprint density at radius 2 is 1.90 bits per heavy atom. The van der Waals surface area contributed by atoms with E-state index in [1.807, 2.05) is 4.90 Å². The molecule has 0 unspecified atom stereocenters. The van der Waals surface area contributed by atoms with Gasteiger partial charge in [-0.25, -0.2) is 27.7 Å². The van der Waals surface area contributed by atoms with Gasteiger partial charge < -0.3 is 20.6 Å². The van der Waals surface area contributed by atoms with Gasteiger partial charge in [0.05, 0.1) is 5.69 Å². The molecule has 10 heteroatoms. The minimum absolute atomic E-state index is 0.0931. The van der Waals surface area contributed by atoms with Crippen LogP contribution < -0.4 is 15.5 Å². The Bertz CT molecular complexity index is 947. The summed E-state index contributed by atoms with van der Waals surface area (Å²) in [4.78, 5) is 29.4.